The number of nitrogens with two attached hydrogens (primary N) is 1. The lowest BCUT2D eigenvalue weighted by molar-refractivity contribution is 0.0904. The Morgan fingerprint density at radius 3 is 3.16 bits per heavy atom. The highest BCUT2D eigenvalue weighted by molar-refractivity contribution is 5.97. The van der Waals surface area contributed by atoms with Crippen LogP contribution in [0.3, 0.4) is 0 Å². The summed E-state index contributed by atoms with van der Waals surface area (Å²) in [4.78, 5) is 11.9. The molecule has 1 atom stereocenters. The Balaban J connectivity index is 1.82. The zero-order valence-corrected chi connectivity index (χ0v) is 11.4. The number of ether oxygens (including phenoxy) is 1. The van der Waals surface area contributed by atoms with Gasteiger partial charge in [0.15, 0.2) is 5.69 Å². The first-order valence-electron chi connectivity index (χ1n) is 6.95. The molecule has 1 aromatic rings. The van der Waals surface area contributed by atoms with Gasteiger partial charge in [0.05, 0.1) is 17.5 Å². The minimum atomic E-state index is -0.214. The fourth-order valence-corrected chi connectivity index (χ4v) is 2.30. The molecule has 1 saturated heterocycles. The minimum absolute atomic E-state index is 0.214. The lowest BCUT2D eigenvalue weighted by Crippen LogP contribution is -2.28. The van der Waals surface area contributed by atoms with E-state index < -0.39 is 0 Å². The maximum Gasteiger partial charge on any atom is 0.273 e. The van der Waals surface area contributed by atoms with Gasteiger partial charge in [0.1, 0.15) is 0 Å². The number of nitrogens with one attached hydrogen (secondary N) is 2. The molecule has 4 N–H and O–H groups in total. The van der Waals surface area contributed by atoms with E-state index in [4.69, 9.17) is 10.5 Å². The van der Waals surface area contributed by atoms with Crippen molar-refractivity contribution in [1.82, 2.24) is 15.5 Å². The van der Waals surface area contributed by atoms with Gasteiger partial charge in [-0.2, -0.15) is 5.10 Å². The van der Waals surface area contributed by atoms with Gasteiger partial charge in [-0.25, -0.2) is 0 Å². The van der Waals surface area contributed by atoms with E-state index in [9.17, 15) is 4.79 Å². The molecule has 1 amide bonds. The summed E-state index contributed by atoms with van der Waals surface area (Å²) in [5.41, 5.74) is 7.52. The highest BCUT2D eigenvalue weighted by atomic mass is 16.5. The third-order valence-corrected chi connectivity index (χ3v) is 3.37. The molecule has 19 heavy (non-hydrogen) atoms. The van der Waals surface area contributed by atoms with Crippen molar-refractivity contribution >= 4 is 11.6 Å². The standard InChI is InChI=1S/C13H22N4O2/c1-2-4-10-11(14)12(17-16-10)13(18)15-7-6-9-5-3-8-19-9/h9H,2-8,14H2,1H3,(H,15,18)(H,16,17). The van der Waals surface area contributed by atoms with Gasteiger partial charge in [0, 0.05) is 13.2 Å². The van der Waals surface area contributed by atoms with Crippen molar-refractivity contribution in [2.75, 3.05) is 18.9 Å². The first kappa shape index (κ1) is 13.9. The number of aromatic nitrogens is 2. The van der Waals surface area contributed by atoms with E-state index in [1.165, 1.54) is 0 Å². The Labute approximate surface area is 113 Å². The van der Waals surface area contributed by atoms with Crippen LogP contribution >= 0.6 is 0 Å². The lowest BCUT2D eigenvalue weighted by atomic mass is 10.2. The number of aryl methyl sites for hydroxylation is 1. The summed E-state index contributed by atoms with van der Waals surface area (Å²) in [5.74, 6) is -0.214. The molecule has 0 bridgehead atoms. The maximum atomic E-state index is 11.9. The molecule has 0 spiro atoms. The molecule has 6 heteroatoms. The van der Waals surface area contributed by atoms with E-state index in [0.717, 1.165) is 44.4 Å². The monoisotopic (exact) mass is 266 g/mol. The van der Waals surface area contributed by atoms with Crippen LogP contribution in [0.15, 0.2) is 0 Å². The molecule has 1 unspecified atom stereocenters. The van der Waals surface area contributed by atoms with Gasteiger partial charge in [-0.1, -0.05) is 13.3 Å². The Hall–Kier alpha value is -1.56. The summed E-state index contributed by atoms with van der Waals surface area (Å²) >= 11 is 0. The molecule has 106 valence electrons. The van der Waals surface area contributed by atoms with Crippen LogP contribution in [-0.4, -0.2) is 35.4 Å². The van der Waals surface area contributed by atoms with Gasteiger partial charge in [0.25, 0.3) is 5.91 Å². The average molecular weight is 266 g/mol. The third-order valence-electron chi connectivity index (χ3n) is 3.37. The Morgan fingerprint density at radius 2 is 2.47 bits per heavy atom. The summed E-state index contributed by atoms with van der Waals surface area (Å²) < 4.78 is 5.50. The van der Waals surface area contributed by atoms with Crippen LogP contribution in [0.2, 0.25) is 0 Å². The largest absolute Gasteiger partial charge is 0.395 e. The van der Waals surface area contributed by atoms with Crippen molar-refractivity contribution in [2.45, 2.75) is 45.1 Å². The highest BCUT2D eigenvalue weighted by Crippen LogP contribution is 2.16. The number of anilines is 1. The molecular weight excluding hydrogens is 244 g/mol. The van der Waals surface area contributed by atoms with E-state index in [-0.39, 0.29) is 12.0 Å². The molecule has 0 saturated carbocycles. The lowest BCUT2D eigenvalue weighted by Gasteiger charge is -2.09. The third kappa shape index (κ3) is 3.47. The second-order valence-corrected chi connectivity index (χ2v) is 4.89. The van der Waals surface area contributed by atoms with Crippen molar-refractivity contribution in [3.05, 3.63) is 11.4 Å². The Kier molecular flexibility index (Phi) is 4.79. The van der Waals surface area contributed by atoms with Crippen LogP contribution in [0.5, 0.6) is 0 Å². The smallest absolute Gasteiger partial charge is 0.273 e. The number of nitrogen functional groups attached to an aromatic ring is 1. The Bertz CT molecular complexity index is 424. The fraction of sp³-hybridized carbons (Fsp3) is 0.692. The van der Waals surface area contributed by atoms with Crippen LogP contribution in [-0.2, 0) is 11.2 Å². The van der Waals surface area contributed by atoms with Crippen molar-refractivity contribution in [2.24, 2.45) is 0 Å². The van der Waals surface area contributed by atoms with E-state index in [0.29, 0.717) is 17.9 Å². The number of carbonyl (C=O) groups excluding carboxylic acids is 1. The molecule has 2 heterocycles. The average Bonchev–Trinajstić information content (AvgIpc) is 3.01. The molecule has 0 radical (unpaired) electrons. The zero-order chi connectivity index (χ0) is 13.7. The predicted octanol–water partition coefficient (Wildman–Crippen LogP) is 1.24. The van der Waals surface area contributed by atoms with Gasteiger partial charge < -0.3 is 15.8 Å². The number of H-pyrrole nitrogens is 1. The second-order valence-electron chi connectivity index (χ2n) is 4.89. The van der Waals surface area contributed by atoms with Gasteiger partial charge in [-0.05, 0) is 25.7 Å². The second kappa shape index (κ2) is 6.56. The summed E-state index contributed by atoms with van der Waals surface area (Å²) in [7, 11) is 0. The summed E-state index contributed by atoms with van der Waals surface area (Å²) in [6.07, 6.45) is 5.10. The van der Waals surface area contributed by atoms with Crippen LogP contribution in [0.4, 0.5) is 5.69 Å². The number of amides is 1. The molecule has 1 aliphatic heterocycles. The van der Waals surface area contributed by atoms with Crippen molar-refractivity contribution in [3.63, 3.8) is 0 Å². The Morgan fingerprint density at radius 1 is 1.63 bits per heavy atom. The molecule has 1 fully saturated rings. The summed E-state index contributed by atoms with van der Waals surface area (Å²) in [6.45, 7) is 3.49. The summed E-state index contributed by atoms with van der Waals surface area (Å²) in [6, 6.07) is 0. The van der Waals surface area contributed by atoms with Crippen LogP contribution < -0.4 is 11.1 Å². The number of carbonyl (C=O) groups is 1. The molecule has 2 rings (SSSR count). The first-order chi connectivity index (χ1) is 9.22. The molecular formula is C13H22N4O2. The molecule has 6 nitrogen and oxygen atoms in total. The van der Waals surface area contributed by atoms with Gasteiger partial charge >= 0.3 is 0 Å². The van der Waals surface area contributed by atoms with Crippen molar-refractivity contribution < 1.29 is 9.53 Å². The first-order valence-corrected chi connectivity index (χ1v) is 6.95. The fourth-order valence-electron chi connectivity index (χ4n) is 2.30. The molecule has 0 aliphatic carbocycles. The van der Waals surface area contributed by atoms with E-state index >= 15 is 0 Å². The zero-order valence-electron chi connectivity index (χ0n) is 11.4. The van der Waals surface area contributed by atoms with E-state index in [1.54, 1.807) is 0 Å². The predicted molar refractivity (Wildman–Crippen MR) is 72.9 cm³/mol. The van der Waals surface area contributed by atoms with Gasteiger partial charge in [0.2, 0.25) is 0 Å². The van der Waals surface area contributed by atoms with E-state index in [2.05, 4.69) is 22.4 Å². The number of nitrogens with zero attached hydrogens (tertiary/aromatic N) is 1. The molecule has 1 aliphatic rings. The van der Waals surface area contributed by atoms with Gasteiger partial charge in [-0.15, -0.1) is 0 Å². The van der Waals surface area contributed by atoms with Gasteiger partial charge in [-0.3, -0.25) is 9.89 Å². The molecule has 0 aromatic carbocycles. The number of hydrogen-bond acceptors (Lipinski definition) is 4. The van der Waals surface area contributed by atoms with Crippen LogP contribution in [0.1, 0.15) is 48.8 Å². The molecule has 1 aromatic heterocycles. The number of hydrogen-bond donors (Lipinski definition) is 3. The quantitative estimate of drug-likeness (QED) is 0.722. The van der Waals surface area contributed by atoms with E-state index in [1.807, 2.05) is 0 Å². The minimum Gasteiger partial charge on any atom is -0.395 e. The SMILES string of the molecule is CCCc1[nH]nc(C(=O)NCCC2CCCO2)c1N. The highest BCUT2D eigenvalue weighted by Gasteiger charge is 2.18. The maximum absolute atomic E-state index is 11.9. The number of aromatic amines is 1. The van der Waals surface area contributed by atoms with Crippen molar-refractivity contribution in [3.8, 4) is 0 Å². The summed E-state index contributed by atoms with van der Waals surface area (Å²) in [5, 5.41) is 9.66. The van der Waals surface area contributed by atoms with Crippen LogP contribution in [0, 0.1) is 0 Å². The van der Waals surface area contributed by atoms with Crippen LogP contribution in [0.25, 0.3) is 0 Å². The topological polar surface area (TPSA) is 93.0 Å². The number of rotatable bonds is 6. The van der Waals surface area contributed by atoms with Crippen molar-refractivity contribution in [1.29, 1.82) is 0 Å². The normalized spacial score (nSPS) is 18.7.